The smallest absolute Gasteiger partial charge is 0.207 e. The van der Waals surface area contributed by atoms with Gasteiger partial charge in [-0.15, -0.1) is 0 Å². The topological polar surface area (TPSA) is 27.7 Å². The van der Waals surface area contributed by atoms with Gasteiger partial charge in [-0.05, 0) is 12.1 Å². The number of hydrogen-bond donors (Lipinski definition) is 0. The predicted molar refractivity (Wildman–Crippen MR) is 40.6 cm³/mol. The molecule has 0 saturated carbocycles. The van der Waals surface area contributed by atoms with E-state index in [1.165, 1.54) is 7.11 Å². The van der Waals surface area contributed by atoms with Crippen molar-refractivity contribution in [2.24, 2.45) is 0 Å². The first-order chi connectivity index (χ1) is 5.38. The van der Waals surface area contributed by atoms with E-state index in [1.54, 1.807) is 19.2 Å². The van der Waals surface area contributed by atoms with Gasteiger partial charge in [0.05, 0.1) is 14.2 Å². The van der Waals surface area contributed by atoms with E-state index in [4.69, 9.17) is 9.62 Å². The minimum atomic E-state index is 0.581. The summed E-state index contributed by atoms with van der Waals surface area (Å²) in [5.74, 6) is 1.24. The summed E-state index contributed by atoms with van der Waals surface area (Å²) < 4.78 is 4.99. The van der Waals surface area contributed by atoms with E-state index in [2.05, 4.69) is 4.89 Å². The third-order valence-corrected chi connectivity index (χ3v) is 1.24. The first-order valence-electron chi connectivity index (χ1n) is 3.22. The highest BCUT2D eigenvalue weighted by Crippen LogP contribution is 2.25. The fraction of sp³-hybridized carbons (Fsp3) is 0.250. The van der Waals surface area contributed by atoms with Gasteiger partial charge in [-0.2, -0.15) is 4.89 Å². The Morgan fingerprint density at radius 2 is 1.64 bits per heavy atom. The van der Waals surface area contributed by atoms with Gasteiger partial charge in [-0.3, -0.25) is 0 Å². The molecule has 1 aromatic carbocycles. The third kappa shape index (κ3) is 1.85. The van der Waals surface area contributed by atoms with Crippen molar-refractivity contribution in [2.75, 3.05) is 14.2 Å². The van der Waals surface area contributed by atoms with Crippen LogP contribution in [-0.4, -0.2) is 14.2 Å². The van der Waals surface area contributed by atoms with Crippen LogP contribution in [0.1, 0.15) is 0 Å². The molecule has 0 aliphatic carbocycles. The van der Waals surface area contributed by atoms with Crippen molar-refractivity contribution in [3.05, 3.63) is 24.3 Å². The Bertz CT molecular complexity index is 222. The van der Waals surface area contributed by atoms with Gasteiger partial charge in [0.2, 0.25) is 5.75 Å². The molecule has 0 saturated heterocycles. The van der Waals surface area contributed by atoms with Crippen LogP contribution in [0.25, 0.3) is 0 Å². The van der Waals surface area contributed by atoms with Crippen LogP contribution in [0.5, 0.6) is 11.5 Å². The second kappa shape index (κ2) is 3.83. The molecule has 11 heavy (non-hydrogen) atoms. The molecule has 0 bridgehead atoms. The van der Waals surface area contributed by atoms with Crippen molar-refractivity contribution in [1.82, 2.24) is 0 Å². The molecule has 0 aliphatic rings. The number of methoxy groups -OCH3 is 1. The largest absolute Gasteiger partial charge is 0.493 e. The lowest BCUT2D eigenvalue weighted by molar-refractivity contribution is -0.179. The summed E-state index contributed by atoms with van der Waals surface area (Å²) in [6, 6.07) is 7.27. The van der Waals surface area contributed by atoms with Crippen molar-refractivity contribution < 1.29 is 14.5 Å². The number of hydrogen-bond acceptors (Lipinski definition) is 3. The van der Waals surface area contributed by atoms with E-state index >= 15 is 0 Å². The van der Waals surface area contributed by atoms with E-state index in [1.807, 2.05) is 12.1 Å². The molecule has 0 heterocycles. The van der Waals surface area contributed by atoms with Gasteiger partial charge in [0.15, 0.2) is 5.75 Å². The molecule has 0 spiro atoms. The van der Waals surface area contributed by atoms with Gasteiger partial charge in [0.25, 0.3) is 0 Å². The minimum absolute atomic E-state index is 0.581. The Morgan fingerprint density at radius 3 is 2.18 bits per heavy atom. The summed E-state index contributed by atoms with van der Waals surface area (Å²) in [7, 11) is 3.03. The molecule has 1 aromatic rings. The van der Waals surface area contributed by atoms with Crippen LogP contribution in [0.4, 0.5) is 0 Å². The highest BCUT2D eigenvalue weighted by atomic mass is 17.2. The molecular formula is C8H10O3. The van der Waals surface area contributed by atoms with Crippen LogP contribution >= 0.6 is 0 Å². The van der Waals surface area contributed by atoms with E-state index in [9.17, 15) is 0 Å². The van der Waals surface area contributed by atoms with Crippen LogP contribution in [0.3, 0.4) is 0 Å². The maximum atomic E-state index is 4.99. The Labute approximate surface area is 65.4 Å². The first kappa shape index (κ1) is 7.88. The summed E-state index contributed by atoms with van der Waals surface area (Å²) in [6.45, 7) is 0. The zero-order valence-corrected chi connectivity index (χ0v) is 6.53. The highest BCUT2D eigenvalue weighted by molar-refractivity contribution is 5.38. The van der Waals surface area contributed by atoms with Crippen molar-refractivity contribution in [3.63, 3.8) is 0 Å². The van der Waals surface area contributed by atoms with Gasteiger partial charge in [-0.25, -0.2) is 0 Å². The maximum absolute atomic E-state index is 4.99. The molecule has 0 unspecified atom stereocenters. The van der Waals surface area contributed by atoms with Gasteiger partial charge in [-0.1, -0.05) is 12.1 Å². The van der Waals surface area contributed by atoms with E-state index in [0.29, 0.717) is 11.5 Å². The molecule has 0 amide bonds. The Morgan fingerprint density at radius 1 is 1.00 bits per heavy atom. The second-order valence-corrected chi connectivity index (χ2v) is 1.90. The van der Waals surface area contributed by atoms with Gasteiger partial charge in [0.1, 0.15) is 0 Å². The normalized spacial score (nSPS) is 9.27. The van der Waals surface area contributed by atoms with Crippen molar-refractivity contribution in [2.45, 2.75) is 0 Å². The molecule has 0 N–H and O–H groups in total. The second-order valence-electron chi connectivity index (χ2n) is 1.90. The summed E-state index contributed by atoms with van der Waals surface area (Å²) in [5.41, 5.74) is 0. The summed E-state index contributed by atoms with van der Waals surface area (Å²) in [4.78, 5) is 9.29. The number of benzene rings is 1. The summed E-state index contributed by atoms with van der Waals surface area (Å²) >= 11 is 0. The zero-order chi connectivity index (χ0) is 8.10. The Hall–Kier alpha value is -1.22. The molecule has 0 fully saturated rings. The van der Waals surface area contributed by atoms with Crippen molar-refractivity contribution in [1.29, 1.82) is 0 Å². The number of ether oxygens (including phenoxy) is 1. The summed E-state index contributed by atoms with van der Waals surface area (Å²) in [5, 5.41) is 0. The third-order valence-electron chi connectivity index (χ3n) is 1.24. The molecule has 3 nitrogen and oxygen atoms in total. The van der Waals surface area contributed by atoms with Crippen molar-refractivity contribution >= 4 is 0 Å². The first-order valence-corrected chi connectivity index (χ1v) is 3.22. The van der Waals surface area contributed by atoms with Crippen LogP contribution in [0.15, 0.2) is 24.3 Å². The molecular weight excluding hydrogens is 144 g/mol. The quantitative estimate of drug-likeness (QED) is 0.489. The highest BCUT2D eigenvalue weighted by Gasteiger charge is 2.00. The van der Waals surface area contributed by atoms with Gasteiger partial charge in [0, 0.05) is 0 Å². The minimum Gasteiger partial charge on any atom is -0.493 e. The fourth-order valence-corrected chi connectivity index (χ4v) is 0.777. The lowest BCUT2D eigenvalue weighted by atomic mass is 10.3. The van der Waals surface area contributed by atoms with E-state index < -0.39 is 0 Å². The maximum Gasteiger partial charge on any atom is 0.207 e. The van der Waals surface area contributed by atoms with E-state index in [0.717, 1.165) is 0 Å². The molecule has 60 valence electrons. The fourth-order valence-electron chi connectivity index (χ4n) is 0.777. The predicted octanol–water partition coefficient (Wildman–Crippen LogP) is 1.64. The monoisotopic (exact) mass is 154 g/mol. The zero-order valence-electron chi connectivity index (χ0n) is 6.53. The van der Waals surface area contributed by atoms with Gasteiger partial charge < -0.3 is 9.62 Å². The van der Waals surface area contributed by atoms with Crippen LogP contribution in [0.2, 0.25) is 0 Å². The lowest BCUT2D eigenvalue weighted by Crippen LogP contribution is -1.93. The average Bonchev–Trinajstić information content (AvgIpc) is 2.06. The molecule has 0 radical (unpaired) electrons. The molecule has 0 aromatic heterocycles. The molecule has 0 aliphatic heterocycles. The van der Waals surface area contributed by atoms with Crippen LogP contribution < -0.4 is 9.62 Å². The average molecular weight is 154 g/mol. The molecule has 3 heteroatoms. The summed E-state index contributed by atoms with van der Waals surface area (Å²) in [6.07, 6.45) is 0. The van der Waals surface area contributed by atoms with Gasteiger partial charge >= 0.3 is 0 Å². The van der Waals surface area contributed by atoms with Crippen molar-refractivity contribution in [3.8, 4) is 11.5 Å². The SMILES string of the molecule is COOc1ccccc1OC. The molecule has 1 rings (SSSR count). The standard InChI is InChI=1S/C8H10O3/c1-9-7-5-3-4-6-8(7)11-10-2/h3-6H,1-2H3. The molecule has 0 atom stereocenters. The Kier molecular flexibility index (Phi) is 2.74. The van der Waals surface area contributed by atoms with Crippen LogP contribution in [-0.2, 0) is 4.89 Å². The Balaban J connectivity index is 2.83. The number of para-hydroxylation sites is 2. The lowest BCUT2D eigenvalue weighted by Gasteiger charge is -2.05. The van der Waals surface area contributed by atoms with Crippen LogP contribution in [0, 0.1) is 0 Å². The number of rotatable bonds is 3. The van der Waals surface area contributed by atoms with E-state index in [-0.39, 0.29) is 0 Å².